The molecule has 2 nitrogen and oxygen atoms in total. The van der Waals surface area contributed by atoms with Crippen molar-refractivity contribution < 1.29 is 4.74 Å². The molecule has 0 saturated carbocycles. The molecule has 2 aromatic rings. The first-order valence-corrected chi connectivity index (χ1v) is 6.76. The summed E-state index contributed by atoms with van der Waals surface area (Å²) in [6, 6.07) is 6.21. The summed E-state index contributed by atoms with van der Waals surface area (Å²) in [6.45, 7) is 0.614. The van der Waals surface area contributed by atoms with Crippen LogP contribution in [0.15, 0.2) is 18.2 Å². The highest BCUT2D eigenvalue weighted by Gasteiger charge is 2.16. The van der Waals surface area contributed by atoms with Gasteiger partial charge in [-0.1, -0.05) is 17.7 Å². The topological polar surface area (TPSA) is 22.1 Å². The maximum absolute atomic E-state index is 6.55. The summed E-state index contributed by atoms with van der Waals surface area (Å²) in [5.41, 5.74) is 4.59. The van der Waals surface area contributed by atoms with E-state index in [1.807, 2.05) is 6.07 Å². The Hall–Kier alpha value is -1.12. The molecule has 0 radical (unpaired) electrons. The largest absolute Gasteiger partial charge is 0.380 e. The van der Waals surface area contributed by atoms with Gasteiger partial charge in [0, 0.05) is 18.2 Å². The van der Waals surface area contributed by atoms with Crippen LogP contribution >= 0.6 is 11.6 Å². The lowest BCUT2D eigenvalue weighted by Gasteiger charge is -2.18. The number of pyridine rings is 1. The fraction of sp³-hybridized carbons (Fsp3) is 0.400. The number of aromatic nitrogens is 1. The molecule has 0 amide bonds. The van der Waals surface area contributed by atoms with Gasteiger partial charge < -0.3 is 4.74 Å². The zero-order chi connectivity index (χ0) is 12.5. The first kappa shape index (κ1) is 11.9. The zero-order valence-electron chi connectivity index (χ0n) is 10.5. The summed E-state index contributed by atoms with van der Waals surface area (Å²) in [5.74, 6) is 0. The van der Waals surface area contributed by atoms with Crippen LogP contribution in [-0.4, -0.2) is 12.1 Å². The molecule has 0 N–H and O–H groups in total. The fourth-order valence-electron chi connectivity index (χ4n) is 2.67. The highest BCUT2D eigenvalue weighted by Crippen LogP contribution is 2.33. The van der Waals surface area contributed by atoms with E-state index in [0.717, 1.165) is 34.3 Å². The molecule has 0 fully saturated rings. The molecule has 0 atom stereocenters. The average Bonchev–Trinajstić information content (AvgIpc) is 2.40. The van der Waals surface area contributed by atoms with Crippen LogP contribution in [0.2, 0.25) is 5.02 Å². The van der Waals surface area contributed by atoms with Crippen molar-refractivity contribution in [1.82, 2.24) is 4.98 Å². The Morgan fingerprint density at radius 2 is 2.11 bits per heavy atom. The van der Waals surface area contributed by atoms with E-state index >= 15 is 0 Å². The molecule has 0 bridgehead atoms. The van der Waals surface area contributed by atoms with E-state index in [1.165, 1.54) is 24.1 Å². The molecule has 94 valence electrons. The minimum Gasteiger partial charge on any atom is -0.380 e. The maximum Gasteiger partial charge on any atom is 0.0720 e. The minimum absolute atomic E-state index is 0.614. The third-order valence-electron chi connectivity index (χ3n) is 3.57. The number of aryl methyl sites for hydroxylation is 1. The minimum atomic E-state index is 0.614. The first-order chi connectivity index (χ1) is 8.79. The molecule has 0 saturated heterocycles. The standard InChI is InChI=1S/C15H16ClNO/c1-18-9-10-6-7-14-12(8-10)15(16)11-4-2-3-5-13(11)17-14/h6-8H,2-5,9H2,1H3. The molecule has 3 rings (SSSR count). The van der Waals surface area contributed by atoms with E-state index < -0.39 is 0 Å². The van der Waals surface area contributed by atoms with Crippen molar-refractivity contribution in [3.8, 4) is 0 Å². The van der Waals surface area contributed by atoms with E-state index in [1.54, 1.807) is 7.11 Å². The van der Waals surface area contributed by atoms with Crippen LogP contribution in [0.5, 0.6) is 0 Å². The molecular weight excluding hydrogens is 246 g/mol. The summed E-state index contributed by atoms with van der Waals surface area (Å²) < 4.78 is 5.17. The normalized spacial score (nSPS) is 14.8. The molecule has 0 aliphatic heterocycles. The summed E-state index contributed by atoms with van der Waals surface area (Å²) in [7, 11) is 1.71. The predicted molar refractivity (Wildman–Crippen MR) is 74.1 cm³/mol. The van der Waals surface area contributed by atoms with Crippen molar-refractivity contribution in [3.05, 3.63) is 40.0 Å². The van der Waals surface area contributed by atoms with Gasteiger partial charge in [0.05, 0.1) is 17.1 Å². The van der Waals surface area contributed by atoms with E-state index in [9.17, 15) is 0 Å². The first-order valence-electron chi connectivity index (χ1n) is 6.38. The number of nitrogens with zero attached hydrogens (tertiary/aromatic N) is 1. The van der Waals surface area contributed by atoms with E-state index in [-0.39, 0.29) is 0 Å². The van der Waals surface area contributed by atoms with Gasteiger partial charge in [-0.05, 0) is 48.9 Å². The van der Waals surface area contributed by atoms with Crippen LogP contribution in [-0.2, 0) is 24.2 Å². The quantitative estimate of drug-likeness (QED) is 0.818. The molecule has 1 heterocycles. The Kier molecular flexibility index (Phi) is 3.23. The Morgan fingerprint density at radius 1 is 1.28 bits per heavy atom. The van der Waals surface area contributed by atoms with Gasteiger partial charge in [0.2, 0.25) is 0 Å². The van der Waals surface area contributed by atoms with Crippen molar-refractivity contribution in [2.24, 2.45) is 0 Å². The number of halogens is 1. The van der Waals surface area contributed by atoms with E-state index in [0.29, 0.717) is 6.61 Å². The smallest absolute Gasteiger partial charge is 0.0720 e. The van der Waals surface area contributed by atoms with Crippen LogP contribution in [0.25, 0.3) is 10.9 Å². The van der Waals surface area contributed by atoms with Crippen molar-refractivity contribution in [1.29, 1.82) is 0 Å². The molecule has 1 aliphatic carbocycles. The van der Waals surface area contributed by atoms with Crippen molar-refractivity contribution in [2.75, 3.05) is 7.11 Å². The predicted octanol–water partition coefficient (Wildman–Crippen LogP) is 3.91. The molecule has 0 spiro atoms. The molecule has 18 heavy (non-hydrogen) atoms. The summed E-state index contributed by atoms with van der Waals surface area (Å²) in [6.07, 6.45) is 4.57. The van der Waals surface area contributed by atoms with Gasteiger partial charge in [-0.25, -0.2) is 0 Å². The third kappa shape index (κ3) is 2.00. The molecule has 0 unspecified atom stereocenters. The lowest BCUT2D eigenvalue weighted by Crippen LogP contribution is -2.06. The Balaban J connectivity index is 2.19. The Bertz CT molecular complexity index is 595. The summed E-state index contributed by atoms with van der Waals surface area (Å²) in [5, 5.41) is 1.96. The number of ether oxygens (including phenoxy) is 1. The second-order valence-electron chi connectivity index (χ2n) is 4.84. The van der Waals surface area contributed by atoms with Crippen LogP contribution < -0.4 is 0 Å². The highest BCUT2D eigenvalue weighted by molar-refractivity contribution is 6.36. The zero-order valence-corrected chi connectivity index (χ0v) is 11.3. The number of fused-ring (bicyclic) bond motifs is 2. The van der Waals surface area contributed by atoms with Gasteiger partial charge in [0.15, 0.2) is 0 Å². The van der Waals surface area contributed by atoms with Crippen molar-refractivity contribution in [2.45, 2.75) is 32.3 Å². The number of hydrogen-bond acceptors (Lipinski definition) is 2. The SMILES string of the molecule is COCc1ccc2nc3c(c(Cl)c2c1)CCCC3. The molecule has 3 heteroatoms. The van der Waals surface area contributed by atoms with Gasteiger partial charge in [0.25, 0.3) is 0 Å². The lowest BCUT2D eigenvalue weighted by atomic mass is 9.94. The second kappa shape index (κ2) is 4.87. The average molecular weight is 262 g/mol. The van der Waals surface area contributed by atoms with Crippen LogP contribution in [0.4, 0.5) is 0 Å². The molecule has 1 aromatic heterocycles. The molecule has 1 aliphatic rings. The number of methoxy groups -OCH3 is 1. The van der Waals surface area contributed by atoms with Crippen molar-refractivity contribution in [3.63, 3.8) is 0 Å². The Morgan fingerprint density at radius 3 is 2.94 bits per heavy atom. The van der Waals surface area contributed by atoms with E-state index in [2.05, 4.69) is 12.1 Å². The number of benzene rings is 1. The van der Waals surface area contributed by atoms with Crippen LogP contribution in [0.1, 0.15) is 29.7 Å². The van der Waals surface area contributed by atoms with Gasteiger partial charge in [-0.2, -0.15) is 0 Å². The third-order valence-corrected chi connectivity index (χ3v) is 4.00. The maximum atomic E-state index is 6.55. The number of hydrogen-bond donors (Lipinski definition) is 0. The van der Waals surface area contributed by atoms with Gasteiger partial charge in [-0.3, -0.25) is 4.98 Å². The van der Waals surface area contributed by atoms with Crippen LogP contribution in [0.3, 0.4) is 0 Å². The van der Waals surface area contributed by atoms with Gasteiger partial charge >= 0.3 is 0 Å². The van der Waals surface area contributed by atoms with Gasteiger partial charge in [0.1, 0.15) is 0 Å². The Labute approximate surface area is 112 Å². The van der Waals surface area contributed by atoms with Crippen LogP contribution in [0, 0.1) is 0 Å². The molecular formula is C15H16ClNO. The lowest BCUT2D eigenvalue weighted by molar-refractivity contribution is 0.185. The summed E-state index contributed by atoms with van der Waals surface area (Å²) in [4.78, 5) is 4.75. The monoisotopic (exact) mass is 261 g/mol. The highest BCUT2D eigenvalue weighted by atomic mass is 35.5. The van der Waals surface area contributed by atoms with Crippen molar-refractivity contribution >= 4 is 22.5 Å². The summed E-state index contributed by atoms with van der Waals surface area (Å²) >= 11 is 6.55. The second-order valence-corrected chi connectivity index (χ2v) is 5.22. The molecule has 1 aromatic carbocycles. The fourth-order valence-corrected chi connectivity index (χ4v) is 3.03. The van der Waals surface area contributed by atoms with Gasteiger partial charge in [-0.15, -0.1) is 0 Å². The number of rotatable bonds is 2. The van der Waals surface area contributed by atoms with E-state index in [4.69, 9.17) is 21.3 Å².